The van der Waals surface area contributed by atoms with Crippen LogP contribution in [0.5, 0.6) is 0 Å². The van der Waals surface area contributed by atoms with Gasteiger partial charge < -0.3 is 9.84 Å². The van der Waals surface area contributed by atoms with Crippen LogP contribution in [0.3, 0.4) is 0 Å². The van der Waals surface area contributed by atoms with E-state index < -0.39 is 0 Å². The molecule has 0 aromatic carbocycles. The predicted octanol–water partition coefficient (Wildman–Crippen LogP) is 2.51. The van der Waals surface area contributed by atoms with Crippen molar-refractivity contribution in [1.82, 2.24) is 10.5 Å². The number of nitrogens with zero attached hydrogens (tertiary/aromatic N) is 1. The van der Waals surface area contributed by atoms with Crippen molar-refractivity contribution in [3.8, 4) is 0 Å². The summed E-state index contributed by atoms with van der Waals surface area (Å²) in [5, 5.41) is 7.31. The fourth-order valence-corrected chi connectivity index (χ4v) is 1.58. The van der Waals surface area contributed by atoms with Gasteiger partial charge >= 0.3 is 0 Å². The molecule has 0 aliphatic rings. The second kappa shape index (κ2) is 5.15. The molecular formula is C11H20N2O. The van der Waals surface area contributed by atoms with E-state index in [-0.39, 0.29) is 0 Å². The van der Waals surface area contributed by atoms with E-state index in [9.17, 15) is 0 Å². The van der Waals surface area contributed by atoms with Crippen LogP contribution in [-0.4, -0.2) is 11.2 Å². The molecule has 0 radical (unpaired) electrons. The number of aryl methyl sites for hydroxylation is 1. The zero-order chi connectivity index (χ0) is 10.6. The number of aromatic nitrogens is 1. The smallest absolute Gasteiger partial charge is 0.150 e. The average molecular weight is 196 g/mol. The Morgan fingerprint density at radius 3 is 2.64 bits per heavy atom. The fourth-order valence-electron chi connectivity index (χ4n) is 1.58. The van der Waals surface area contributed by atoms with Crippen molar-refractivity contribution in [2.45, 2.75) is 46.7 Å². The lowest BCUT2D eigenvalue weighted by atomic mass is 10.0. The summed E-state index contributed by atoms with van der Waals surface area (Å²) in [5.74, 6) is 1.57. The summed E-state index contributed by atoms with van der Waals surface area (Å²) in [6.45, 7) is 9.37. The molecule has 3 heteroatoms. The summed E-state index contributed by atoms with van der Waals surface area (Å²) in [6, 6.07) is 2.53. The molecule has 0 aliphatic heterocycles. The Balaban J connectivity index is 2.39. The molecule has 0 bridgehead atoms. The third-order valence-electron chi connectivity index (χ3n) is 2.46. The first-order chi connectivity index (χ1) is 6.63. The largest absolute Gasteiger partial charge is 0.360 e. The second-order valence-electron chi connectivity index (χ2n) is 4.07. The van der Waals surface area contributed by atoms with Gasteiger partial charge in [-0.05, 0) is 19.3 Å². The van der Waals surface area contributed by atoms with E-state index >= 15 is 0 Å². The summed E-state index contributed by atoms with van der Waals surface area (Å²) in [4.78, 5) is 0. The minimum atomic E-state index is 0.556. The molecule has 0 saturated heterocycles. The Kier molecular flexibility index (Phi) is 4.14. The quantitative estimate of drug-likeness (QED) is 0.786. The summed E-state index contributed by atoms with van der Waals surface area (Å²) in [6.07, 6.45) is 1.14. The van der Waals surface area contributed by atoms with Gasteiger partial charge in [-0.1, -0.05) is 25.9 Å². The number of hydrogen-bond acceptors (Lipinski definition) is 3. The molecule has 1 unspecified atom stereocenters. The van der Waals surface area contributed by atoms with E-state index in [0.717, 1.165) is 24.4 Å². The lowest BCUT2D eigenvalue weighted by Gasteiger charge is -2.19. The summed E-state index contributed by atoms with van der Waals surface area (Å²) in [7, 11) is 0. The molecule has 1 N–H and O–H groups in total. The number of nitrogens with one attached hydrogen (secondary N) is 1. The fraction of sp³-hybridized carbons (Fsp3) is 0.727. The minimum absolute atomic E-state index is 0.556. The lowest BCUT2D eigenvalue weighted by molar-refractivity contribution is 0.334. The maximum atomic E-state index is 5.13. The van der Waals surface area contributed by atoms with E-state index in [1.165, 1.54) is 0 Å². The highest BCUT2D eigenvalue weighted by molar-refractivity contribution is 5.02. The van der Waals surface area contributed by atoms with Crippen molar-refractivity contribution in [3.05, 3.63) is 17.5 Å². The van der Waals surface area contributed by atoms with Crippen LogP contribution >= 0.6 is 0 Å². The van der Waals surface area contributed by atoms with Crippen LogP contribution in [0, 0.1) is 12.8 Å². The van der Waals surface area contributed by atoms with Gasteiger partial charge in [0.25, 0.3) is 0 Å². The Morgan fingerprint density at radius 1 is 1.50 bits per heavy atom. The molecule has 0 fully saturated rings. The van der Waals surface area contributed by atoms with Crippen molar-refractivity contribution in [3.63, 3.8) is 0 Å². The molecule has 0 saturated carbocycles. The third-order valence-corrected chi connectivity index (χ3v) is 2.46. The molecule has 80 valence electrons. The van der Waals surface area contributed by atoms with Crippen LogP contribution in [0.1, 0.15) is 38.6 Å². The van der Waals surface area contributed by atoms with Crippen LogP contribution in [0.25, 0.3) is 0 Å². The van der Waals surface area contributed by atoms with Gasteiger partial charge in [0.2, 0.25) is 0 Å². The van der Waals surface area contributed by atoms with Gasteiger partial charge in [-0.25, -0.2) is 0 Å². The van der Waals surface area contributed by atoms with Gasteiger partial charge in [-0.15, -0.1) is 0 Å². The molecular weight excluding hydrogens is 176 g/mol. The van der Waals surface area contributed by atoms with Crippen molar-refractivity contribution < 1.29 is 4.52 Å². The van der Waals surface area contributed by atoms with Crippen LogP contribution in [0.2, 0.25) is 0 Å². The molecule has 14 heavy (non-hydrogen) atoms. The van der Waals surface area contributed by atoms with Gasteiger partial charge in [0, 0.05) is 12.1 Å². The maximum Gasteiger partial charge on any atom is 0.150 e. The van der Waals surface area contributed by atoms with Gasteiger partial charge in [-0.3, -0.25) is 0 Å². The molecule has 0 spiro atoms. The van der Waals surface area contributed by atoms with Crippen molar-refractivity contribution in [1.29, 1.82) is 0 Å². The van der Waals surface area contributed by atoms with Crippen molar-refractivity contribution in [2.24, 2.45) is 5.92 Å². The lowest BCUT2D eigenvalue weighted by Crippen LogP contribution is -2.32. The van der Waals surface area contributed by atoms with Gasteiger partial charge in [0.15, 0.2) is 5.76 Å². The Bertz CT molecular complexity index is 268. The van der Waals surface area contributed by atoms with Crippen molar-refractivity contribution >= 4 is 0 Å². The van der Waals surface area contributed by atoms with E-state index in [1.54, 1.807) is 0 Å². The van der Waals surface area contributed by atoms with Crippen LogP contribution in [0.15, 0.2) is 10.6 Å². The highest BCUT2D eigenvalue weighted by atomic mass is 16.5. The second-order valence-corrected chi connectivity index (χ2v) is 4.07. The minimum Gasteiger partial charge on any atom is -0.360 e. The highest BCUT2D eigenvalue weighted by Gasteiger charge is 2.10. The summed E-state index contributed by atoms with van der Waals surface area (Å²) >= 11 is 0. The third kappa shape index (κ3) is 3.14. The van der Waals surface area contributed by atoms with Gasteiger partial charge in [0.05, 0.1) is 12.2 Å². The standard InChI is InChI=1S/C11H20N2O/c1-5-11(8(2)3)12-7-10-6-9(4)13-14-10/h6,8,11-12H,5,7H2,1-4H3. The number of rotatable bonds is 5. The Labute approximate surface area is 85.9 Å². The molecule has 0 aliphatic carbocycles. The molecule has 1 atom stereocenters. The van der Waals surface area contributed by atoms with Crippen LogP contribution in [0.4, 0.5) is 0 Å². The first kappa shape index (κ1) is 11.2. The molecule has 1 heterocycles. The van der Waals surface area contributed by atoms with Crippen LogP contribution in [-0.2, 0) is 6.54 Å². The number of hydrogen-bond donors (Lipinski definition) is 1. The zero-order valence-corrected chi connectivity index (χ0v) is 9.50. The first-order valence-electron chi connectivity index (χ1n) is 5.29. The van der Waals surface area contributed by atoms with Gasteiger partial charge in [-0.2, -0.15) is 0 Å². The first-order valence-corrected chi connectivity index (χ1v) is 5.29. The van der Waals surface area contributed by atoms with Crippen LogP contribution < -0.4 is 5.32 Å². The average Bonchev–Trinajstić information content (AvgIpc) is 2.52. The summed E-state index contributed by atoms with van der Waals surface area (Å²) in [5.41, 5.74) is 0.944. The van der Waals surface area contributed by atoms with E-state index in [4.69, 9.17) is 4.52 Å². The summed E-state index contributed by atoms with van der Waals surface area (Å²) < 4.78 is 5.13. The molecule has 3 nitrogen and oxygen atoms in total. The molecule has 1 aromatic heterocycles. The Hall–Kier alpha value is -0.830. The van der Waals surface area contributed by atoms with Gasteiger partial charge in [0.1, 0.15) is 0 Å². The van der Waals surface area contributed by atoms with E-state index in [1.807, 2.05) is 13.0 Å². The maximum absolute atomic E-state index is 5.13. The normalized spacial score (nSPS) is 13.5. The monoisotopic (exact) mass is 196 g/mol. The molecule has 1 rings (SSSR count). The Morgan fingerprint density at radius 2 is 2.21 bits per heavy atom. The van der Waals surface area contributed by atoms with E-state index in [2.05, 4.69) is 31.2 Å². The van der Waals surface area contributed by atoms with E-state index in [0.29, 0.717) is 12.0 Å². The highest BCUT2D eigenvalue weighted by Crippen LogP contribution is 2.08. The topological polar surface area (TPSA) is 38.1 Å². The molecule has 1 aromatic rings. The zero-order valence-electron chi connectivity index (χ0n) is 9.50. The molecule has 0 amide bonds. The predicted molar refractivity (Wildman–Crippen MR) is 57.0 cm³/mol. The SMILES string of the molecule is CCC(NCc1cc(C)no1)C(C)C. The van der Waals surface area contributed by atoms with Crippen molar-refractivity contribution in [2.75, 3.05) is 0 Å².